The monoisotopic (exact) mass is 232 g/mol. The van der Waals surface area contributed by atoms with E-state index < -0.39 is 5.79 Å². The number of hydrogen-bond acceptors (Lipinski definition) is 2. The highest BCUT2D eigenvalue weighted by molar-refractivity contribution is 5.31. The van der Waals surface area contributed by atoms with Crippen LogP contribution in [0.1, 0.15) is 36.3 Å². The van der Waals surface area contributed by atoms with Crippen molar-refractivity contribution in [1.29, 1.82) is 0 Å². The average Bonchev–Trinajstić information content (AvgIpc) is 2.30. The molecule has 2 atom stereocenters. The van der Waals surface area contributed by atoms with E-state index in [0.717, 1.165) is 24.0 Å². The van der Waals surface area contributed by atoms with Crippen molar-refractivity contribution in [1.82, 2.24) is 0 Å². The first-order valence-electron chi connectivity index (χ1n) is 6.17. The zero-order valence-electron chi connectivity index (χ0n) is 10.3. The van der Waals surface area contributed by atoms with Crippen LogP contribution in [0.25, 0.3) is 0 Å². The first-order valence-corrected chi connectivity index (χ1v) is 6.17. The van der Waals surface area contributed by atoms with Crippen LogP contribution < -0.4 is 0 Å². The summed E-state index contributed by atoms with van der Waals surface area (Å²) in [6, 6.07) is 7.94. The second-order valence-corrected chi connectivity index (χ2v) is 5.06. The van der Waals surface area contributed by atoms with Gasteiger partial charge in [0, 0.05) is 12.3 Å². The number of aliphatic hydroxyl groups is 2. The molecule has 1 aromatic carbocycles. The van der Waals surface area contributed by atoms with Crippen LogP contribution in [-0.2, 0) is 0 Å². The predicted molar refractivity (Wildman–Crippen MR) is 68.6 cm³/mol. The van der Waals surface area contributed by atoms with Gasteiger partial charge in [-0.05, 0) is 36.8 Å². The van der Waals surface area contributed by atoms with Gasteiger partial charge >= 0.3 is 0 Å². The molecule has 0 aliphatic heterocycles. The van der Waals surface area contributed by atoms with Gasteiger partial charge in [-0.3, -0.25) is 0 Å². The number of allylic oxidation sites excluding steroid dienone is 1. The normalized spacial score (nSPS) is 27.7. The Morgan fingerprint density at radius 2 is 2.06 bits per heavy atom. The summed E-state index contributed by atoms with van der Waals surface area (Å²) in [5.74, 6) is -1.40. The van der Waals surface area contributed by atoms with Crippen LogP contribution in [0.15, 0.2) is 36.9 Å². The third-order valence-corrected chi connectivity index (χ3v) is 3.88. The summed E-state index contributed by atoms with van der Waals surface area (Å²) >= 11 is 0. The largest absolute Gasteiger partial charge is 0.365 e. The van der Waals surface area contributed by atoms with Crippen molar-refractivity contribution < 1.29 is 10.2 Å². The maximum Gasteiger partial charge on any atom is 0.169 e. The van der Waals surface area contributed by atoms with E-state index in [0.29, 0.717) is 12.3 Å². The lowest BCUT2D eigenvalue weighted by Crippen LogP contribution is -2.41. The number of hydrogen-bond donors (Lipinski definition) is 2. The Balaban J connectivity index is 2.33. The van der Waals surface area contributed by atoms with E-state index in [9.17, 15) is 10.2 Å². The fraction of sp³-hybridized carbons (Fsp3) is 0.467. The van der Waals surface area contributed by atoms with Crippen molar-refractivity contribution in [2.24, 2.45) is 5.92 Å². The van der Waals surface area contributed by atoms with Crippen LogP contribution in [-0.4, -0.2) is 16.0 Å². The van der Waals surface area contributed by atoms with Crippen LogP contribution in [0, 0.1) is 12.8 Å². The van der Waals surface area contributed by atoms with Gasteiger partial charge in [-0.2, -0.15) is 0 Å². The molecule has 0 radical (unpaired) electrons. The number of rotatable bonds is 2. The summed E-state index contributed by atoms with van der Waals surface area (Å²) in [6.45, 7) is 5.84. The molecule has 0 amide bonds. The molecule has 0 saturated heterocycles. The Labute approximate surface area is 103 Å². The molecule has 2 rings (SSSR count). The molecule has 1 aliphatic carbocycles. The molecule has 92 valence electrons. The highest BCUT2D eigenvalue weighted by Gasteiger charge is 2.41. The molecule has 0 bridgehead atoms. The quantitative estimate of drug-likeness (QED) is 0.608. The number of aryl methyl sites for hydroxylation is 1. The van der Waals surface area contributed by atoms with Gasteiger partial charge in [0.25, 0.3) is 0 Å². The summed E-state index contributed by atoms with van der Waals surface area (Å²) in [6.07, 6.45) is 3.92. The van der Waals surface area contributed by atoms with E-state index in [2.05, 4.69) is 6.58 Å². The Morgan fingerprint density at radius 1 is 1.35 bits per heavy atom. The van der Waals surface area contributed by atoms with Gasteiger partial charge in [0.1, 0.15) is 0 Å². The lowest BCUT2D eigenvalue weighted by molar-refractivity contribution is -0.199. The van der Waals surface area contributed by atoms with Crippen LogP contribution >= 0.6 is 0 Å². The zero-order valence-corrected chi connectivity index (χ0v) is 10.3. The maximum atomic E-state index is 10.1. The molecule has 1 fully saturated rings. The smallest absolute Gasteiger partial charge is 0.169 e. The summed E-state index contributed by atoms with van der Waals surface area (Å²) < 4.78 is 0. The number of benzene rings is 1. The molecular weight excluding hydrogens is 212 g/mol. The maximum absolute atomic E-state index is 10.1. The standard InChI is InChI=1S/C15H20O2/c1-3-12-8-9-15(16,17)14(10-12)13-7-5-4-6-11(13)2/h3-7,12,14,16-17H,1,8-10H2,2H3. The van der Waals surface area contributed by atoms with Gasteiger partial charge in [0.15, 0.2) is 5.79 Å². The van der Waals surface area contributed by atoms with Crippen molar-refractivity contribution >= 4 is 0 Å². The molecule has 0 aromatic heterocycles. The predicted octanol–water partition coefficient (Wildman–Crippen LogP) is 2.75. The Bertz CT molecular complexity index is 409. The third kappa shape index (κ3) is 2.43. The fourth-order valence-corrected chi connectivity index (χ4v) is 2.75. The minimum atomic E-state index is -1.58. The second-order valence-electron chi connectivity index (χ2n) is 5.06. The van der Waals surface area contributed by atoms with Gasteiger partial charge in [-0.15, -0.1) is 6.58 Å². The van der Waals surface area contributed by atoms with Crippen molar-refractivity contribution in [2.75, 3.05) is 0 Å². The molecule has 0 spiro atoms. The van der Waals surface area contributed by atoms with Gasteiger partial charge < -0.3 is 10.2 Å². The first-order chi connectivity index (χ1) is 8.04. The Hall–Kier alpha value is -1.12. The topological polar surface area (TPSA) is 40.5 Å². The highest BCUT2D eigenvalue weighted by Crippen LogP contribution is 2.43. The Morgan fingerprint density at radius 3 is 2.71 bits per heavy atom. The zero-order chi connectivity index (χ0) is 12.5. The van der Waals surface area contributed by atoms with Crippen LogP contribution in [0.2, 0.25) is 0 Å². The van der Waals surface area contributed by atoms with E-state index in [1.165, 1.54) is 0 Å². The molecule has 2 unspecified atom stereocenters. The first kappa shape index (κ1) is 12.3. The lowest BCUT2D eigenvalue weighted by atomic mass is 9.73. The van der Waals surface area contributed by atoms with Gasteiger partial charge in [0.05, 0.1) is 0 Å². The summed E-state index contributed by atoms with van der Waals surface area (Å²) in [7, 11) is 0. The minimum Gasteiger partial charge on any atom is -0.365 e. The highest BCUT2D eigenvalue weighted by atomic mass is 16.5. The molecule has 1 saturated carbocycles. The SMILES string of the molecule is C=CC1CCC(O)(O)C(c2ccccc2C)C1. The van der Waals surface area contributed by atoms with Crippen molar-refractivity contribution in [3.8, 4) is 0 Å². The minimum absolute atomic E-state index is 0.208. The molecule has 2 nitrogen and oxygen atoms in total. The van der Waals surface area contributed by atoms with E-state index in [1.54, 1.807) is 0 Å². The second kappa shape index (κ2) is 4.63. The van der Waals surface area contributed by atoms with Crippen molar-refractivity contribution in [3.63, 3.8) is 0 Å². The molecule has 1 aromatic rings. The molecule has 0 heterocycles. The van der Waals surface area contributed by atoms with E-state index in [-0.39, 0.29) is 5.92 Å². The van der Waals surface area contributed by atoms with Gasteiger partial charge in [-0.1, -0.05) is 30.3 Å². The summed E-state index contributed by atoms with van der Waals surface area (Å²) in [5, 5.41) is 20.3. The van der Waals surface area contributed by atoms with Gasteiger partial charge in [0.2, 0.25) is 0 Å². The summed E-state index contributed by atoms with van der Waals surface area (Å²) in [4.78, 5) is 0. The fourth-order valence-electron chi connectivity index (χ4n) is 2.75. The van der Waals surface area contributed by atoms with Gasteiger partial charge in [-0.25, -0.2) is 0 Å². The lowest BCUT2D eigenvalue weighted by Gasteiger charge is -2.39. The van der Waals surface area contributed by atoms with Crippen LogP contribution in [0.4, 0.5) is 0 Å². The molecule has 2 heteroatoms. The average molecular weight is 232 g/mol. The molecular formula is C15H20O2. The molecule has 17 heavy (non-hydrogen) atoms. The van der Waals surface area contributed by atoms with Crippen molar-refractivity contribution in [3.05, 3.63) is 48.0 Å². The van der Waals surface area contributed by atoms with E-state index >= 15 is 0 Å². The van der Waals surface area contributed by atoms with E-state index in [4.69, 9.17) is 0 Å². The van der Waals surface area contributed by atoms with Crippen LogP contribution in [0.5, 0.6) is 0 Å². The van der Waals surface area contributed by atoms with Crippen molar-refractivity contribution in [2.45, 2.75) is 37.9 Å². The van der Waals surface area contributed by atoms with E-state index in [1.807, 2.05) is 37.3 Å². The Kier molecular flexibility index (Phi) is 3.36. The summed E-state index contributed by atoms with van der Waals surface area (Å²) in [5.41, 5.74) is 2.17. The molecule has 2 N–H and O–H groups in total. The third-order valence-electron chi connectivity index (χ3n) is 3.88. The van der Waals surface area contributed by atoms with Crippen LogP contribution in [0.3, 0.4) is 0 Å². The molecule has 1 aliphatic rings.